The molecular weight excluding hydrogens is 312 g/mol. The number of halogens is 1. The maximum Gasteiger partial charge on any atom is 0.311 e. The molecule has 1 aliphatic carbocycles. The van der Waals surface area contributed by atoms with Gasteiger partial charge in [-0.05, 0) is 31.0 Å². The average Bonchev–Trinajstić information content (AvgIpc) is 2.28. The maximum atomic E-state index is 11.4. The van der Waals surface area contributed by atoms with Crippen LogP contribution in [0.25, 0.3) is 0 Å². The summed E-state index contributed by atoms with van der Waals surface area (Å²) in [5, 5.41) is 12.3. The molecule has 0 atom stereocenters. The van der Waals surface area contributed by atoms with Gasteiger partial charge in [0.05, 0.1) is 11.0 Å². The van der Waals surface area contributed by atoms with Crippen molar-refractivity contribution in [2.24, 2.45) is 11.1 Å². The van der Waals surface area contributed by atoms with Crippen LogP contribution in [-0.4, -0.2) is 23.5 Å². The molecule has 1 aliphatic rings. The molecular formula is C13H15BrN2O3. The normalized spacial score (nSPS) is 16.5. The van der Waals surface area contributed by atoms with Crippen molar-refractivity contribution in [3.63, 3.8) is 0 Å². The van der Waals surface area contributed by atoms with Crippen LogP contribution in [0.1, 0.15) is 29.6 Å². The summed E-state index contributed by atoms with van der Waals surface area (Å²) in [7, 11) is 0. The van der Waals surface area contributed by atoms with Gasteiger partial charge in [0.1, 0.15) is 0 Å². The standard InChI is InChI=1S/C13H15BrN2O3/c14-8-2-3-10(9(6-8)11(15)17)16-7-13(12(18)19)4-1-5-13/h2-3,6,16H,1,4-5,7H2,(H2,15,17)(H,18,19). The summed E-state index contributed by atoms with van der Waals surface area (Å²) in [6.07, 6.45) is 2.26. The highest BCUT2D eigenvalue weighted by molar-refractivity contribution is 9.10. The Labute approximate surface area is 119 Å². The Hall–Kier alpha value is -1.56. The van der Waals surface area contributed by atoms with Crippen molar-refractivity contribution in [1.82, 2.24) is 0 Å². The van der Waals surface area contributed by atoms with Crippen LogP contribution in [0.4, 0.5) is 5.69 Å². The van der Waals surface area contributed by atoms with Gasteiger partial charge in [0.15, 0.2) is 0 Å². The van der Waals surface area contributed by atoms with Gasteiger partial charge in [-0.15, -0.1) is 0 Å². The highest BCUT2D eigenvalue weighted by Gasteiger charge is 2.44. The number of carbonyl (C=O) groups excluding carboxylic acids is 1. The van der Waals surface area contributed by atoms with Crippen molar-refractivity contribution < 1.29 is 14.7 Å². The molecule has 0 heterocycles. The first kappa shape index (κ1) is 13.9. The molecule has 1 aromatic carbocycles. The van der Waals surface area contributed by atoms with E-state index >= 15 is 0 Å². The minimum atomic E-state index is -0.788. The Balaban J connectivity index is 2.15. The lowest BCUT2D eigenvalue weighted by atomic mass is 9.69. The zero-order valence-corrected chi connectivity index (χ0v) is 11.9. The van der Waals surface area contributed by atoms with Crippen LogP contribution < -0.4 is 11.1 Å². The fourth-order valence-corrected chi connectivity index (χ4v) is 2.57. The molecule has 0 aromatic heterocycles. The fourth-order valence-electron chi connectivity index (χ4n) is 2.21. The van der Waals surface area contributed by atoms with Crippen LogP contribution in [0.5, 0.6) is 0 Å². The summed E-state index contributed by atoms with van der Waals surface area (Å²) in [6, 6.07) is 5.13. The van der Waals surface area contributed by atoms with E-state index in [-0.39, 0.29) is 0 Å². The molecule has 0 bridgehead atoms. The topological polar surface area (TPSA) is 92.4 Å². The SMILES string of the molecule is NC(=O)c1cc(Br)ccc1NCC1(C(=O)O)CCC1. The molecule has 1 saturated carbocycles. The Morgan fingerprint density at radius 1 is 1.42 bits per heavy atom. The van der Waals surface area contributed by atoms with E-state index in [2.05, 4.69) is 21.2 Å². The summed E-state index contributed by atoms with van der Waals surface area (Å²) < 4.78 is 0.753. The summed E-state index contributed by atoms with van der Waals surface area (Å²) >= 11 is 3.27. The van der Waals surface area contributed by atoms with Crippen LogP contribution in [-0.2, 0) is 4.79 Å². The second-order valence-corrected chi connectivity index (χ2v) is 5.76. The number of hydrogen-bond donors (Lipinski definition) is 3. The van der Waals surface area contributed by atoms with Crippen molar-refractivity contribution in [3.8, 4) is 0 Å². The highest BCUT2D eigenvalue weighted by Crippen LogP contribution is 2.41. The molecule has 19 heavy (non-hydrogen) atoms. The van der Waals surface area contributed by atoms with Crippen LogP contribution >= 0.6 is 15.9 Å². The van der Waals surface area contributed by atoms with Gasteiger partial charge in [-0.3, -0.25) is 9.59 Å². The lowest BCUT2D eigenvalue weighted by Gasteiger charge is -2.38. The monoisotopic (exact) mass is 326 g/mol. The highest BCUT2D eigenvalue weighted by atomic mass is 79.9. The van der Waals surface area contributed by atoms with Crippen LogP contribution in [0, 0.1) is 5.41 Å². The minimum absolute atomic E-state index is 0.310. The number of primary amides is 1. The zero-order chi connectivity index (χ0) is 14.0. The molecule has 4 N–H and O–H groups in total. The number of hydrogen-bond acceptors (Lipinski definition) is 3. The number of nitrogens with two attached hydrogens (primary N) is 1. The van der Waals surface area contributed by atoms with Crippen LogP contribution in [0.15, 0.2) is 22.7 Å². The lowest BCUT2D eigenvalue weighted by molar-refractivity contribution is -0.153. The first-order valence-electron chi connectivity index (χ1n) is 6.01. The van der Waals surface area contributed by atoms with Crippen molar-refractivity contribution in [2.45, 2.75) is 19.3 Å². The molecule has 0 saturated heterocycles. The molecule has 1 aromatic rings. The van der Waals surface area contributed by atoms with Crippen LogP contribution in [0.2, 0.25) is 0 Å². The van der Waals surface area contributed by atoms with Gasteiger partial charge in [-0.1, -0.05) is 22.4 Å². The van der Waals surface area contributed by atoms with E-state index < -0.39 is 17.3 Å². The molecule has 0 radical (unpaired) electrons. The first-order chi connectivity index (χ1) is 8.94. The van der Waals surface area contributed by atoms with Crippen LogP contribution in [0.3, 0.4) is 0 Å². The van der Waals surface area contributed by atoms with Gasteiger partial charge in [0.2, 0.25) is 0 Å². The summed E-state index contributed by atoms with van der Waals surface area (Å²) in [5.41, 5.74) is 5.53. The molecule has 2 rings (SSSR count). The molecule has 102 valence electrons. The Bertz CT molecular complexity index is 527. The number of anilines is 1. The van der Waals surface area contributed by atoms with E-state index in [1.54, 1.807) is 18.2 Å². The van der Waals surface area contributed by atoms with Crippen molar-refractivity contribution >= 4 is 33.5 Å². The number of nitrogens with one attached hydrogen (secondary N) is 1. The third-order valence-electron chi connectivity index (χ3n) is 3.63. The third kappa shape index (κ3) is 2.73. The zero-order valence-electron chi connectivity index (χ0n) is 10.3. The number of carboxylic acid groups (broad SMARTS) is 1. The van der Waals surface area contributed by atoms with Gasteiger partial charge in [0.25, 0.3) is 5.91 Å². The predicted octanol–water partition coefficient (Wildman–Crippen LogP) is 2.21. The van der Waals surface area contributed by atoms with E-state index in [0.717, 1.165) is 10.9 Å². The average molecular weight is 327 g/mol. The molecule has 1 fully saturated rings. The molecule has 0 spiro atoms. The third-order valence-corrected chi connectivity index (χ3v) is 4.12. The van der Waals surface area contributed by atoms with E-state index in [4.69, 9.17) is 5.73 Å². The number of benzene rings is 1. The fraction of sp³-hybridized carbons (Fsp3) is 0.385. The lowest BCUT2D eigenvalue weighted by Crippen LogP contribution is -2.43. The van der Waals surface area contributed by atoms with Gasteiger partial charge in [0, 0.05) is 16.7 Å². The van der Waals surface area contributed by atoms with E-state index in [1.165, 1.54) is 0 Å². The Morgan fingerprint density at radius 2 is 2.11 bits per heavy atom. The summed E-state index contributed by atoms with van der Waals surface area (Å²) in [5.74, 6) is -1.33. The second-order valence-electron chi connectivity index (χ2n) is 4.85. The Kier molecular flexibility index (Phi) is 3.80. The van der Waals surface area contributed by atoms with E-state index in [9.17, 15) is 14.7 Å². The largest absolute Gasteiger partial charge is 0.481 e. The van der Waals surface area contributed by atoms with Gasteiger partial charge in [-0.25, -0.2) is 0 Å². The van der Waals surface area contributed by atoms with Crippen molar-refractivity contribution in [1.29, 1.82) is 0 Å². The summed E-state index contributed by atoms with van der Waals surface area (Å²) in [4.78, 5) is 22.6. The molecule has 0 unspecified atom stereocenters. The van der Waals surface area contributed by atoms with Gasteiger partial charge in [-0.2, -0.15) is 0 Å². The maximum absolute atomic E-state index is 11.4. The van der Waals surface area contributed by atoms with E-state index in [1.807, 2.05) is 0 Å². The van der Waals surface area contributed by atoms with E-state index in [0.29, 0.717) is 30.6 Å². The summed E-state index contributed by atoms with van der Waals surface area (Å²) in [6.45, 7) is 0.310. The van der Waals surface area contributed by atoms with Gasteiger partial charge < -0.3 is 16.2 Å². The number of carbonyl (C=O) groups is 2. The smallest absolute Gasteiger partial charge is 0.311 e. The number of rotatable bonds is 5. The quantitative estimate of drug-likeness (QED) is 0.773. The molecule has 1 amide bonds. The van der Waals surface area contributed by atoms with Gasteiger partial charge >= 0.3 is 5.97 Å². The number of aliphatic carboxylic acids is 1. The Morgan fingerprint density at radius 3 is 2.58 bits per heavy atom. The van der Waals surface area contributed by atoms with Crippen molar-refractivity contribution in [2.75, 3.05) is 11.9 Å². The molecule has 0 aliphatic heterocycles. The number of carboxylic acids is 1. The first-order valence-corrected chi connectivity index (χ1v) is 6.80. The van der Waals surface area contributed by atoms with Crippen molar-refractivity contribution in [3.05, 3.63) is 28.2 Å². The second kappa shape index (κ2) is 5.21. The predicted molar refractivity (Wildman–Crippen MR) is 75.1 cm³/mol. The number of amides is 1. The molecule has 5 nitrogen and oxygen atoms in total. The molecule has 6 heteroatoms. The minimum Gasteiger partial charge on any atom is -0.481 e.